The summed E-state index contributed by atoms with van der Waals surface area (Å²) < 4.78 is 41.7. The standard InChI is InChI=1S/C77H133F3N12O14/c1-18-19-36-92-45-63(96)86(13)57(40-47(4)5)67(97)81-54(34-29-35-61(94)77(78,79)80)71(101)89(16)60(43-53-32-25-21-26-33-53)74(104)90(17)66(50(10)11)70(100)83-56(73(103)91-37-27-22-28-38-91)44-62(95)84-64(49(8)9)75(105)88(15)59(42-52-30-23-20-24-31-52)68(98)82-55(39-46(2)3)72(102)87(14)58(41-48(6)7)69(99)85-65(51(12)93)76(92)106/h46-61,64-66,93-94H,18-45H2,1-17H3,(H,81,97)(H,82,98)(H,83,100)(H,84,95)(H,85,99)/t51-,54+,55+,56+,57+,58+,59+,60+,61?,64-,65+,66+/m1/s1. The molecular formula is C77H133F3N12O14. The number of hydrogen-bond donors (Lipinski definition) is 7. The Bertz CT molecular complexity index is 2900. The number of amides is 12. The molecule has 106 heavy (non-hydrogen) atoms. The van der Waals surface area contributed by atoms with Crippen molar-refractivity contribution >= 4 is 70.9 Å². The summed E-state index contributed by atoms with van der Waals surface area (Å²) in [6.07, 6.45) is -0.454. The number of likely N-dealkylation sites (tertiary alicyclic amines) is 1. The number of hydrogen-bond acceptors (Lipinski definition) is 14. The SMILES string of the molecule is CCCCN1CC(=O)N(C)[C@@H](CC(C)C)C(=O)N[C@@H](CCCC(O)C(F)(F)F)C(=O)N(C)[C@@H](CC2CCCCC2)C(=O)N(C)[C@@H](C(C)C)C(=O)N[C@H](C(=O)N2CCCCC2)CC(=O)N[C@H](C(C)C)C(=O)N(C)[C@@H](CC2CCCCC2)C(=O)N[C@@H](CC(C)C)C(=O)N(C)[C@@H](CC(C)C)C(=O)N[C@@H]([C@@H](C)O)C1=O. The summed E-state index contributed by atoms with van der Waals surface area (Å²) in [4.78, 5) is 190. The molecule has 4 aliphatic rings. The van der Waals surface area contributed by atoms with Crippen LogP contribution in [-0.4, -0.2) is 256 Å². The van der Waals surface area contributed by atoms with Crippen molar-refractivity contribution in [2.24, 2.45) is 41.4 Å². The van der Waals surface area contributed by atoms with E-state index in [2.05, 4.69) is 26.6 Å². The van der Waals surface area contributed by atoms with Gasteiger partial charge in [0, 0.05) is 54.9 Å². The predicted molar refractivity (Wildman–Crippen MR) is 397 cm³/mol. The van der Waals surface area contributed by atoms with Gasteiger partial charge in [0.2, 0.25) is 70.9 Å². The quantitative estimate of drug-likeness (QED) is 0.0649. The Kier molecular flexibility index (Phi) is 37.7. The van der Waals surface area contributed by atoms with Crippen molar-refractivity contribution in [3.05, 3.63) is 0 Å². The van der Waals surface area contributed by atoms with Crippen LogP contribution in [0.3, 0.4) is 0 Å². The van der Waals surface area contributed by atoms with Gasteiger partial charge in [0.25, 0.3) is 0 Å². The Morgan fingerprint density at radius 1 is 0.491 bits per heavy atom. The molecule has 0 aromatic heterocycles. The Labute approximate surface area is 629 Å². The van der Waals surface area contributed by atoms with Crippen molar-refractivity contribution in [1.82, 2.24) is 60.9 Å². The maximum atomic E-state index is 15.6. The highest BCUT2D eigenvalue weighted by molar-refractivity contribution is 6.00. The number of nitrogens with one attached hydrogen (secondary N) is 5. The minimum absolute atomic E-state index is 0.00929. The van der Waals surface area contributed by atoms with Crippen molar-refractivity contribution in [2.75, 3.05) is 61.4 Å². The lowest BCUT2D eigenvalue weighted by Gasteiger charge is -2.39. The minimum atomic E-state index is -5.03. The highest BCUT2D eigenvalue weighted by Gasteiger charge is 2.46. The molecule has 2 aliphatic heterocycles. The highest BCUT2D eigenvalue weighted by atomic mass is 19.4. The van der Waals surface area contributed by atoms with Crippen LogP contribution in [0.1, 0.15) is 237 Å². The number of aliphatic hydroxyl groups excluding tert-OH is 2. The first-order valence-corrected chi connectivity index (χ1v) is 39.5. The third-order valence-corrected chi connectivity index (χ3v) is 21.8. The molecule has 0 radical (unpaired) electrons. The molecule has 0 spiro atoms. The van der Waals surface area contributed by atoms with Crippen LogP contribution < -0.4 is 26.6 Å². The van der Waals surface area contributed by atoms with Crippen molar-refractivity contribution in [2.45, 2.75) is 316 Å². The monoisotopic (exact) mass is 1510 g/mol. The maximum absolute atomic E-state index is 15.6. The fraction of sp³-hybridized carbons (Fsp3) is 0.844. The highest BCUT2D eigenvalue weighted by Crippen LogP contribution is 2.33. The molecule has 2 saturated heterocycles. The van der Waals surface area contributed by atoms with Crippen molar-refractivity contribution < 1.29 is 80.9 Å². The molecular weight excluding hydrogens is 1370 g/mol. The van der Waals surface area contributed by atoms with Gasteiger partial charge in [-0.1, -0.05) is 147 Å². The van der Waals surface area contributed by atoms with Gasteiger partial charge in [-0.2, -0.15) is 13.2 Å². The summed E-state index contributed by atoms with van der Waals surface area (Å²) >= 11 is 0. The summed E-state index contributed by atoms with van der Waals surface area (Å²) in [5.41, 5.74) is 0. The van der Waals surface area contributed by atoms with E-state index >= 15 is 38.4 Å². The van der Waals surface area contributed by atoms with Crippen LogP contribution in [0, 0.1) is 41.4 Å². The van der Waals surface area contributed by atoms with E-state index in [1.807, 2.05) is 34.6 Å². The van der Waals surface area contributed by atoms with Gasteiger partial charge >= 0.3 is 6.18 Å². The van der Waals surface area contributed by atoms with Crippen molar-refractivity contribution in [1.29, 1.82) is 0 Å². The van der Waals surface area contributed by atoms with Gasteiger partial charge < -0.3 is 71.1 Å². The second-order valence-corrected chi connectivity index (χ2v) is 32.8. The van der Waals surface area contributed by atoms with Gasteiger partial charge in [-0.3, -0.25) is 57.5 Å². The van der Waals surface area contributed by atoms with Crippen molar-refractivity contribution in [3.63, 3.8) is 0 Å². The van der Waals surface area contributed by atoms with Gasteiger partial charge in [-0.25, -0.2) is 0 Å². The molecule has 0 bridgehead atoms. The van der Waals surface area contributed by atoms with E-state index in [-0.39, 0.29) is 68.2 Å². The van der Waals surface area contributed by atoms with E-state index in [1.54, 1.807) is 46.4 Å². The Morgan fingerprint density at radius 3 is 1.46 bits per heavy atom. The largest absolute Gasteiger partial charge is 0.414 e. The summed E-state index contributed by atoms with van der Waals surface area (Å²) in [7, 11) is 6.89. The number of carbonyl (C=O) groups excluding carboxylic acids is 12. The molecule has 0 aromatic carbocycles. The number of nitrogens with zero attached hydrogens (tertiary/aromatic N) is 7. The average molecular weight is 1510 g/mol. The van der Waals surface area contributed by atoms with E-state index in [0.717, 1.165) is 72.5 Å². The predicted octanol–water partition coefficient (Wildman–Crippen LogP) is 6.46. The van der Waals surface area contributed by atoms with Crippen LogP contribution in [0.5, 0.6) is 0 Å². The Morgan fingerprint density at radius 2 is 0.962 bits per heavy atom. The lowest BCUT2D eigenvalue weighted by Crippen LogP contribution is -2.62. The molecule has 606 valence electrons. The number of likely N-dealkylation sites (N-methyl/N-ethyl adjacent to an activating group) is 5. The average Bonchev–Trinajstić information content (AvgIpc) is 0.814. The molecule has 2 heterocycles. The summed E-state index contributed by atoms with van der Waals surface area (Å²) in [5, 5.41) is 35.7. The van der Waals surface area contributed by atoms with E-state index < -0.39 is 194 Å². The summed E-state index contributed by atoms with van der Waals surface area (Å²) in [5.74, 6) is -11.5. The third kappa shape index (κ3) is 27.5. The molecule has 2 saturated carbocycles. The van der Waals surface area contributed by atoms with E-state index in [4.69, 9.17) is 0 Å². The van der Waals surface area contributed by atoms with E-state index in [1.165, 1.54) is 56.9 Å². The van der Waals surface area contributed by atoms with Crippen LogP contribution in [-0.2, 0) is 57.5 Å². The molecule has 1 unspecified atom stereocenters. The number of carbonyl (C=O) groups is 12. The van der Waals surface area contributed by atoms with Gasteiger partial charge in [0.05, 0.1) is 19.1 Å². The molecule has 26 nitrogen and oxygen atoms in total. The first-order chi connectivity index (χ1) is 49.6. The van der Waals surface area contributed by atoms with Crippen LogP contribution >= 0.6 is 0 Å². The molecule has 0 aromatic rings. The molecule has 4 rings (SSSR count). The summed E-state index contributed by atoms with van der Waals surface area (Å²) in [6.45, 7) is 20.6. The Balaban J connectivity index is 2.02. The van der Waals surface area contributed by atoms with Gasteiger partial charge in [0.1, 0.15) is 66.5 Å². The normalized spacial score (nSPS) is 26.9. The number of unbranched alkanes of at least 4 members (excludes halogenated alkanes) is 1. The van der Waals surface area contributed by atoms with Gasteiger partial charge in [-0.15, -0.1) is 0 Å². The molecule has 2 aliphatic carbocycles. The first kappa shape index (κ1) is 91.7. The molecule has 4 fully saturated rings. The second kappa shape index (κ2) is 43.5. The number of aliphatic hydroxyl groups is 2. The molecule has 29 heteroatoms. The number of halogens is 3. The summed E-state index contributed by atoms with van der Waals surface area (Å²) in [6, 6.07) is -14.1. The van der Waals surface area contributed by atoms with Crippen LogP contribution in [0.15, 0.2) is 0 Å². The maximum Gasteiger partial charge on any atom is 0.414 e. The van der Waals surface area contributed by atoms with Gasteiger partial charge in [-0.05, 0) is 125 Å². The number of alkyl halides is 3. The van der Waals surface area contributed by atoms with Crippen LogP contribution in [0.4, 0.5) is 13.2 Å². The van der Waals surface area contributed by atoms with E-state index in [9.17, 15) is 42.6 Å². The molecule has 12 atom stereocenters. The van der Waals surface area contributed by atoms with Crippen molar-refractivity contribution in [3.8, 4) is 0 Å². The van der Waals surface area contributed by atoms with Gasteiger partial charge in [0.15, 0.2) is 0 Å². The second-order valence-electron chi connectivity index (χ2n) is 32.8. The zero-order valence-electron chi connectivity index (χ0n) is 66.8. The first-order valence-electron chi connectivity index (χ1n) is 39.5. The zero-order valence-corrected chi connectivity index (χ0v) is 66.8. The fourth-order valence-electron chi connectivity index (χ4n) is 15.4. The fourth-order valence-corrected chi connectivity index (χ4v) is 15.4. The lowest BCUT2D eigenvalue weighted by molar-refractivity contribution is -0.205. The molecule has 12 amide bonds. The third-order valence-electron chi connectivity index (χ3n) is 21.8. The van der Waals surface area contributed by atoms with Crippen LogP contribution in [0.2, 0.25) is 0 Å². The Hall–Kier alpha value is -6.65. The molecule has 7 N–H and O–H groups in total. The zero-order chi connectivity index (χ0) is 79.8. The number of rotatable bonds is 21. The minimum Gasteiger partial charge on any atom is -0.391 e. The van der Waals surface area contributed by atoms with Crippen LogP contribution in [0.25, 0.3) is 0 Å². The lowest BCUT2D eigenvalue weighted by atomic mass is 9.84. The smallest absolute Gasteiger partial charge is 0.391 e. The van der Waals surface area contributed by atoms with E-state index in [0.29, 0.717) is 51.6 Å². The topological polar surface area (TPSA) is 328 Å². The number of piperidine rings is 1.